The van der Waals surface area contributed by atoms with Crippen molar-refractivity contribution in [2.75, 3.05) is 44.8 Å². The van der Waals surface area contributed by atoms with Gasteiger partial charge in [0.1, 0.15) is 5.82 Å². The molecule has 2 rings (SSSR count). The van der Waals surface area contributed by atoms with Crippen LogP contribution in [0.15, 0.2) is 18.3 Å². The Balaban J connectivity index is 1.92. The quantitative estimate of drug-likeness (QED) is 0.855. The maximum Gasteiger partial charge on any atom is 0.211 e. The molecule has 1 aliphatic rings. The average Bonchev–Trinajstić information content (AvgIpc) is 2.38. The van der Waals surface area contributed by atoms with Crippen molar-refractivity contribution in [3.05, 3.63) is 23.9 Å². The summed E-state index contributed by atoms with van der Waals surface area (Å²) >= 11 is 0. The van der Waals surface area contributed by atoms with E-state index in [1.54, 1.807) is 6.20 Å². The van der Waals surface area contributed by atoms with Gasteiger partial charge in [-0.05, 0) is 17.7 Å². The summed E-state index contributed by atoms with van der Waals surface area (Å²) in [5.74, 6) is 0.854. The molecule has 1 aliphatic heterocycles. The first-order chi connectivity index (χ1) is 8.99. The number of nitrogens with zero attached hydrogens (tertiary/aromatic N) is 3. The molecule has 19 heavy (non-hydrogen) atoms. The van der Waals surface area contributed by atoms with Crippen molar-refractivity contribution in [2.24, 2.45) is 0 Å². The van der Waals surface area contributed by atoms with E-state index in [4.69, 9.17) is 0 Å². The van der Waals surface area contributed by atoms with Gasteiger partial charge in [0, 0.05) is 46.0 Å². The molecule has 7 heteroatoms. The standard InChI is InChI=1S/C12H20N4O2S/c1-13-12-9-11(3-4-14-12)10-15-5-7-16(8-6-15)19(2,17)18/h3-4,9H,5-8,10H2,1-2H3,(H,13,14). The van der Waals surface area contributed by atoms with Crippen LogP contribution < -0.4 is 5.32 Å². The number of hydrogen-bond acceptors (Lipinski definition) is 5. The van der Waals surface area contributed by atoms with Crippen LogP contribution in [0.4, 0.5) is 5.82 Å². The lowest BCUT2D eigenvalue weighted by Crippen LogP contribution is -2.47. The molecular weight excluding hydrogens is 264 g/mol. The van der Waals surface area contributed by atoms with Crippen molar-refractivity contribution < 1.29 is 8.42 Å². The molecule has 2 heterocycles. The van der Waals surface area contributed by atoms with Crippen molar-refractivity contribution in [1.29, 1.82) is 0 Å². The van der Waals surface area contributed by atoms with Crippen LogP contribution in [-0.2, 0) is 16.6 Å². The zero-order valence-electron chi connectivity index (χ0n) is 11.3. The van der Waals surface area contributed by atoms with Crippen molar-refractivity contribution >= 4 is 15.8 Å². The number of piperazine rings is 1. The summed E-state index contributed by atoms with van der Waals surface area (Å²) in [6.45, 7) is 3.51. The van der Waals surface area contributed by atoms with Crippen LogP contribution in [-0.4, -0.2) is 62.1 Å². The fourth-order valence-corrected chi connectivity index (χ4v) is 3.01. The molecule has 0 amide bonds. The van der Waals surface area contributed by atoms with Crippen LogP contribution in [0, 0.1) is 0 Å². The molecule has 0 unspecified atom stereocenters. The van der Waals surface area contributed by atoms with Crippen LogP contribution in [0.5, 0.6) is 0 Å². The first kappa shape index (κ1) is 14.2. The van der Waals surface area contributed by atoms with E-state index < -0.39 is 10.0 Å². The Labute approximate surface area is 114 Å². The van der Waals surface area contributed by atoms with E-state index in [-0.39, 0.29) is 0 Å². The number of sulfonamides is 1. The third kappa shape index (κ3) is 3.89. The zero-order valence-corrected chi connectivity index (χ0v) is 12.2. The third-order valence-electron chi connectivity index (χ3n) is 3.29. The molecule has 0 atom stereocenters. The molecule has 1 N–H and O–H groups in total. The Hall–Kier alpha value is -1.18. The van der Waals surface area contributed by atoms with Gasteiger partial charge in [-0.25, -0.2) is 13.4 Å². The smallest absolute Gasteiger partial charge is 0.211 e. The lowest BCUT2D eigenvalue weighted by molar-refractivity contribution is 0.182. The van der Waals surface area contributed by atoms with Crippen molar-refractivity contribution in [3.8, 4) is 0 Å². The van der Waals surface area contributed by atoms with E-state index in [1.807, 2.05) is 19.2 Å². The van der Waals surface area contributed by atoms with Crippen molar-refractivity contribution in [1.82, 2.24) is 14.2 Å². The van der Waals surface area contributed by atoms with Gasteiger partial charge < -0.3 is 5.32 Å². The predicted octanol–water partition coefficient (Wildman–Crippen LogP) is 0.201. The van der Waals surface area contributed by atoms with Gasteiger partial charge in [0.05, 0.1) is 6.26 Å². The topological polar surface area (TPSA) is 65.5 Å². The Kier molecular flexibility index (Phi) is 4.38. The number of nitrogens with one attached hydrogen (secondary N) is 1. The minimum absolute atomic E-state index is 0.572. The van der Waals surface area contributed by atoms with Gasteiger partial charge in [-0.1, -0.05) is 0 Å². The number of anilines is 1. The average molecular weight is 284 g/mol. The number of hydrogen-bond donors (Lipinski definition) is 1. The molecule has 1 aromatic heterocycles. The van der Waals surface area contributed by atoms with Crippen LogP contribution in [0.3, 0.4) is 0 Å². The van der Waals surface area contributed by atoms with Gasteiger partial charge >= 0.3 is 0 Å². The van der Waals surface area contributed by atoms with Crippen LogP contribution in [0.25, 0.3) is 0 Å². The molecule has 0 radical (unpaired) electrons. The summed E-state index contributed by atoms with van der Waals surface area (Å²) in [6.07, 6.45) is 3.05. The molecule has 1 fully saturated rings. The second-order valence-electron chi connectivity index (χ2n) is 4.74. The molecule has 0 aromatic carbocycles. The van der Waals surface area contributed by atoms with E-state index in [0.717, 1.165) is 25.5 Å². The Bertz CT molecular complexity index is 524. The van der Waals surface area contributed by atoms with E-state index in [1.165, 1.54) is 16.1 Å². The SMILES string of the molecule is CNc1cc(CN2CCN(S(C)(=O)=O)CC2)ccn1. The highest BCUT2D eigenvalue weighted by Crippen LogP contribution is 2.12. The molecule has 0 aliphatic carbocycles. The van der Waals surface area contributed by atoms with Crippen molar-refractivity contribution in [2.45, 2.75) is 6.54 Å². The summed E-state index contributed by atoms with van der Waals surface area (Å²) in [4.78, 5) is 6.44. The minimum atomic E-state index is -3.05. The van der Waals surface area contributed by atoms with Gasteiger partial charge in [-0.3, -0.25) is 4.90 Å². The lowest BCUT2D eigenvalue weighted by atomic mass is 10.2. The highest BCUT2D eigenvalue weighted by molar-refractivity contribution is 7.88. The summed E-state index contributed by atoms with van der Waals surface area (Å²) in [5, 5.41) is 3.01. The minimum Gasteiger partial charge on any atom is -0.373 e. The van der Waals surface area contributed by atoms with E-state index in [0.29, 0.717) is 13.1 Å². The molecule has 1 saturated heterocycles. The Morgan fingerprint density at radius 1 is 1.32 bits per heavy atom. The van der Waals surface area contributed by atoms with Gasteiger partial charge in [0.25, 0.3) is 0 Å². The van der Waals surface area contributed by atoms with Crippen LogP contribution in [0.2, 0.25) is 0 Å². The first-order valence-electron chi connectivity index (χ1n) is 6.29. The van der Waals surface area contributed by atoms with E-state index >= 15 is 0 Å². The summed E-state index contributed by atoms with van der Waals surface area (Å²) in [6, 6.07) is 4.01. The second-order valence-corrected chi connectivity index (χ2v) is 6.72. The number of aromatic nitrogens is 1. The monoisotopic (exact) mass is 284 g/mol. The Morgan fingerprint density at radius 3 is 2.58 bits per heavy atom. The highest BCUT2D eigenvalue weighted by Gasteiger charge is 2.23. The van der Waals surface area contributed by atoms with Gasteiger partial charge in [0.15, 0.2) is 0 Å². The maximum absolute atomic E-state index is 11.4. The fourth-order valence-electron chi connectivity index (χ4n) is 2.19. The molecule has 106 valence electrons. The second kappa shape index (κ2) is 5.85. The van der Waals surface area contributed by atoms with Crippen LogP contribution >= 0.6 is 0 Å². The predicted molar refractivity (Wildman–Crippen MR) is 75.5 cm³/mol. The van der Waals surface area contributed by atoms with Gasteiger partial charge in [-0.2, -0.15) is 4.31 Å². The summed E-state index contributed by atoms with van der Waals surface area (Å²) in [7, 11) is -1.20. The molecule has 0 saturated carbocycles. The molecule has 1 aromatic rings. The van der Waals surface area contributed by atoms with Gasteiger partial charge in [-0.15, -0.1) is 0 Å². The highest BCUT2D eigenvalue weighted by atomic mass is 32.2. The first-order valence-corrected chi connectivity index (χ1v) is 8.14. The summed E-state index contributed by atoms with van der Waals surface area (Å²) in [5.41, 5.74) is 1.19. The zero-order chi connectivity index (χ0) is 13.9. The molecular formula is C12H20N4O2S. The largest absolute Gasteiger partial charge is 0.373 e. The summed E-state index contributed by atoms with van der Waals surface area (Å²) < 4.78 is 24.4. The third-order valence-corrected chi connectivity index (χ3v) is 4.59. The van der Waals surface area contributed by atoms with E-state index in [9.17, 15) is 8.42 Å². The van der Waals surface area contributed by atoms with Crippen molar-refractivity contribution in [3.63, 3.8) is 0 Å². The van der Waals surface area contributed by atoms with Gasteiger partial charge in [0.2, 0.25) is 10.0 Å². The molecule has 0 spiro atoms. The Morgan fingerprint density at radius 2 is 2.00 bits per heavy atom. The number of pyridine rings is 1. The normalized spacial score (nSPS) is 18.4. The molecule has 0 bridgehead atoms. The maximum atomic E-state index is 11.4. The molecule has 6 nitrogen and oxygen atoms in total. The lowest BCUT2D eigenvalue weighted by Gasteiger charge is -2.33. The fraction of sp³-hybridized carbons (Fsp3) is 0.583. The van der Waals surface area contributed by atoms with E-state index in [2.05, 4.69) is 15.2 Å². The number of rotatable bonds is 4. The van der Waals surface area contributed by atoms with Crippen LogP contribution in [0.1, 0.15) is 5.56 Å².